The number of rotatable bonds is 3. The van der Waals surface area contributed by atoms with Crippen LogP contribution >= 0.6 is 0 Å². The van der Waals surface area contributed by atoms with Gasteiger partial charge in [0, 0.05) is 0 Å². The molecule has 0 bridgehead atoms. The number of halogens is 2. The molecule has 7 heteroatoms. The molecule has 0 radical (unpaired) electrons. The second-order valence-electron chi connectivity index (χ2n) is 3.77. The van der Waals surface area contributed by atoms with Crippen LogP contribution in [0, 0.1) is 11.6 Å². The number of benzene rings is 2. The van der Waals surface area contributed by atoms with Gasteiger partial charge in [-0.2, -0.15) is 0 Å². The quantitative estimate of drug-likeness (QED) is 0.850. The first-order valence-corrected chi connectivity index (χ1v) is 6.71. The van der Waals surface area contributed by atoms with Crippen LogP contribution in [-0.2, 0) is 10.0 Å². The highest BCUT2D eigenvalue weighted by Crippen LogP contribution is 2.21. The summed E-state index contributed by atoms with van der Waals surface area (Å²) in [6.07, 6.45) is 0. The SMILES string of the molecule is Nc1ccc(S(=O)(=O)Nc2ccccc2F)cc1F. The van der Waals surface area contributed by atoms with Crippen molar-refractivity contribution >= 4 is 21.4 Å². The standard InChI is InChI=1S/C12H10F2N2O2S/c13-9-3-1-2-4-12(9)16-19(17,18)8-5-6-11(15)10(14)7-8/h1-7,16H,15H2. The van der Waals surface area contributed by atoms with Crippen molar-refractivity contribution in [1.82, 2.24) is 0 Å². The average Bonchev–Trinajstić information content (AvgIpc) is 2.35. The Morgan fingerprint density at radius 1 is 1.00 bits per heavy atom. The van der Waals surface area contributed by atoms with Crippen LogP contribution in [0.15, 0.2) is 47.4 Å². The molecule has 0 spiro atoms. The minimum atomic E-state index is -4.06. The van der Waals surface area contributed by atoms with E-state index in [9.17, 15) is 17.2 Å². The van der Waals surface area contributed by atoms with Gasteiger partial charge in [0.1, 0.15) is 11.6 Å². The number of nitrogens with two attached hydrogens (primary N) is 1. The molecule has 0 saturated heterocycles. The first-order chi connectivity index (χ1) is 8.90. The average molecular weight is 284 g/mol. The van der Waals surface area contributed by atoms with Crippen molar-refractivity contribution in [3.63, 3.8) is 0 Å². The highest BCUT2D eigenvalue weighted by atomic mass is 32.2. The first kappa shape index (κ1) is 13.3. The topological polar surface area (TPSA) is 72.2 Å². The second-order valence-corrected chi connectivity index (χ2v) is 5.45. The van der Waals surface area contributed by atoms with Gasteiger partial charge >= 0.3 is 0 Å². The Hall–Kier alpha value is -2.15. The molecule has 0 aliphatic carbocycles. The van der Waals surface area contributed by atoms with Gasteiger partial charge in [0.15, 0.2) is 0 Å². The van der Waals surface area contributed by atoms with Crippen LogP contribution in [0.5, 0.6) is 0 Å². The van der Waals surface area contributed by atoms with E-state index in [-0.39, 0.29) is 16.3 Å². The monoisotopic (exact) mass is 284 g/mol. The molecular weight excluding hydrogens is 274 g/mol. The Balaban J connectivity index is 2.38. The molecule has 0 saturated carbocycles. The molecule has 0 aliphatic rings. The van der Waals surface area contributed by atoms with E-state index in [0.717, 1.165) is 24.3 Å². The lowest BCUT2D eigenvalue weighted by Crippen LogP contribution is -2.14. The summed E-state index contributed by atoms with van der Waals surface area (Å²) in [5.41, 5.74) is 4.89. The summed E-state index contributed by atoms with van der Waals surface area (Å²) in [6.45, 7) is 0. The van der Waals surface area contributed by atoms with E-state index < -0.39 is 21.7 Å². The number of nitrogens with one attached hydrogen (secondary N) is 1. The Labute approximate surface area is 108 Å². The molecule has 0 fully saturated rings. The summed E-state index contributed by atoms with van der Waals surface area (Å²) in [6, 6.07) is 8.33. The molecule has 3 N–H and O–H groups in total. The number of hydrogen-bond acceptors (Lipinski definition) is 3. The largest absolute Gasteiger partial charge is 0.396 e. The maximum Gasteiger partial charge on any atom is 0.262 e. The summed E-state index contributed by atoms with van der Waals surface area (Å²) in [7, 11) is -4.06. The van der Waals surface area contributed by atoms with Crippen LogP contribution in [-0.4, -0.2) is 8.42 Å². The van der Waals surface area contributed by atoms with Crippen molar-refractivity contribution in [3.05, 3.63) is 54.1 Å². The van der Waals surface area contributed by atoms with E-state index in [2.05, 4.69) is 0 Å². The number of sulfonamides is 1. The summed E-state index contributed by atoms with van der Waals surface area (Å²) in [4.78, 5) is -0.331. The van der Waals surface area contributed by atoms with Crippen molar-refractivity contribution < 1.29 is 17.2 Å². The van der Waals surface area contributed by atoms with E-state index in [0.29, 0.717) is 0 Å². The van der Waals surface area contributed by atoms with Crippen LogP contribution in [0.4, 0.5) is 20.2 Å². The number of hydrogen-bond donors (Lipinski definition) is 2. The van der Waals surface area contributed by atoms with Crippen LogP contribution in [0.3, 0.4) is 0 Å². The van der Waals surface area contributed by atoms with Gasteiger partial charge in [-0.3, -0.25) is 4.72 Å². The summed E-state index contributed by atoms with van der Waals surface area (Å²) in [5.74, 6) is -1.57. The molecule has 0 atom stereocenters. The molecule has 2 aromatic carbocycles. The summed E-state index contributed by atoms with van der Waals surface area (Å²) >= 11 is 0. The fraction of sp³-hybridized carbons (Fsp3) is 0. The van der Waals surface area contributed by atoms with Gasteiger partial charge in [-0.25, -0.2) is 17.2 Å². The first-order valence-electron chi connectivity index (χ1n) is 5.22. The van der Waals surface area contributed by atoms with Gasteiger partial charge in [0.25, 0.3) is 10.0 Å². The zero-order chi connectivity index (χ0) is 14.0. The lowest BCUT2D eigenvalue weighted by atomic mass is 10.3. The number of para-hydroxylation sites is 1. The molecule has 0 heterocycles. The van der Waals surface area contributed by atoms with Crippen LogP contribution in [0.2, 0.25) is 0 Å². The van der Waals surface area contributed by atoms with E-state index >= 15 is 0 Å². The van der Waals surface area contributed by atoms with Gasteiger partial charge in [-0.05, 0) is 30.3 Å². The second kappa shape index (κ2) is 4.85. The molecular formula is C12H10F2N2O2S. The smallest absolute Gasteiger partial charge is 0.262 e. The fourth-order valence-electron chi connectivity index (χ4n) is 1.42. The number of nitrogen functional groups attached to an aromatic ring is 1. The Morgan fingerprint density at radius 2 is 1.68 bits per heavy atom. The van der Waals surface area contributed by atoms with Crippen molar-refractivity contribution in [2.75, 3.05) is 10.5 Å². The predicted octanol–water partition coefficient (Wildman–Crippen LogP) is 2.35. The molecule has 100 valence electrons. The maximum absolute atomic E-state index is 13.4. The highest BCUT2D eigenvalue weighted by Gasteiger charge is 2.17. The third kappa shape index (κ3) is 2.82. The lowest BCUT2D eigenvalue weighted by molar-refractivity contribution is 0.594. The highest BCUT2D eigenvalue weighted by molar-refractivity contribution is 7.92. The van der Waals surface area contributed by atoms with Crippen molar-refractivity contribution in [1.29, 1.82) is 0 Å². The molecule has 0 aromatic heterocycles. The third-order valence-corrected chi connectivity index (χ3v) is 3.76. The van der Waals surface area contributed by atoms with Gasteiger partial charge in [0.05, 0.1) is 16.3 Å². The van der Waals surface area contributed by atoms with Gasteiger partial charge in [-0.1, -0.05) is 12.1 Å². The summed E-state index contributed by atoms with van der Waals surface area (Å²) in [5, 5.41) is 0. The third-order valence-electron chi connectivity index (χ3n) is 2.40. The van der Waals surface area contributed by atoms with Crippen molar-refractivity contribution in [2.24, 2.45) is 0 Å². The maximum atomic E-state index is 13.4. The molecule has 2 aromatic rings. The van der Waals surface area contributed by atoms with E-state index in [1.165, 1.54) is 18.2 Å². The molecule has 2 rings (SSSR count). The number of anilines is 2. The van der Waals surface area contributed by atoms with Crippen molar-refractivity contribution in [2.45, 2.75) is 4.90 Å². The lowest BCUT2D eigenvalue weighted by Gasteiger charge is -2.09. The van der Waals surface area contributed by atoms with Gasteiger partial charge in [-0.15, -0.1) is 0 Å². The summed E-state index contributed by atoms with van der Waals surface area (Å²) < 4.78 is 52.5. The minimum Gasteiger partial charge on any atom is -0.396 e. The molecule has 0 unspecified atom stereocenters. The Kier molecular flexibility index (Phi) is 3.39. The van der Waals surface area contributed by atoms with Gasteiger partial charge < -0.3 is 5.73 Å². The van der Waals surface area contributed by atoms with Crippen LogP contribution < -0.4 is 10.5 Å². The van der Waals surface area contributed by atoms with Crippen molar-refractivity contribution in [3.8, 4) is 0 Å². The van der Waals surface area contributed by atoms with Gasteiger partial charge in [0.2, 0.25) is 0 Å². The predicted molar refractivity (Wildman–Crippen MR) is 68.0 cm³/mol. The molecule has 0 amide bonds. The minimum absolute atomic E-state index is 0.162. The Morgan fingerprint density at radius 3 is 2.32 bits per heavy atom. The molecule has 4 nitrogen and oxygen atoms in total. The zero-order valence-corrected chi connectivity index (χ0v) is 10.4. The van der Waals surface area contributed by atoms with E-state index in [4.69, 9.17) is 5.73 Å². The van der Waals surface area contributed by atoms with E-state index in [1.54, 1.807) is 0 Å². The van der Waals surface area contributed by atoms with E-state index in [1.807, 2.05) is 4.72 Å². The normalized spacial score (nSPS) is 11.3. The van der Waals surface area contributed by atoms with Crippen LogP contribution in [0.25, 0.3) is 0 Å². The van der Waals surface area contributed by atoms with Crippen LogP contribution in [0.1, 0.15) is 0 Å². The fourth-order valence-corrected chi connectivity index (χ4v) is 2.50. The molecule has 19 heavy (non-hydrogen) atoms. The molecule has 0 aliphatic heterocycles. The Bertz CT molecular complexity index is 717. The zero-order valence-electron chi connectivity index (χ0n) is 9.60.